The van der Waals surface area contributed by atoms with Gasteiger partial charge in [0.15, 0.2) is 11.5 Å². The van der Waals surface area contributed by atoms with E-state index in [0.29, 0.717) is 36.1 Å². The first-order valence-electron chi connectivity index (χ1n) is 13.6. The number of carbonyl (C=O) groups excluding carboxylic acids is 1. The molecule has 0 radical (unpaired) electrons. The lowest BCUT2D eigenvalue weighted by molar-refractivity contribution is -0.148. The van der Waals surface area contributed by atoms with Crippen LogP contribution in [0.2, 0.25) is 0 Å². The molecule has 3 atom stereocenters. The molecule has 0 bridgehead atoms. The van der Waals surface area contributed by atoms with Gasteiger partial charge in [0.05, 0.1) is 37.0 Å². The number of hydrogen-bond donors (Lipinski definition) is 0. The van der Waals surface area contributed by atoms with Gasteiger partial charge < -0.3 is 23.7 Å². The molecule has 1 aliphatic carbocycles. The van der Waals surface area contributed by atoms with Gasteiger partial charge in [-0.25, -0.2) is 8.42 Å². The summed E-state index contributed by atoms with van der Waals surface area (Å²) in [4.78, 5) is 16.7. The fourth-order valence-electron chi connectivity index (χ4n) is 5.54. The number of ether oxygens (including phenoxy) is 5. The van der Waals surface area contributed by atoms with E-state index in [2.05, 4.69) is 0 Å². The summed E-state index contributed by atoms with van der Waals surface area (Å²) in [6.45, 7) is -1.05. The van der Waals surface area contributed by atoms with Crippen LogP contribution in [0.1, 0.15) is 48.8 Å². The molecule has 3 unspecified atom stereocenters. The van der Waals surface area contributed by atoms with Crippen LogP contribution < -0.4 is 9.47 Å². The van der Waals surface area contributed by atoms with Gasteiger partial charge in [0.25, 0.3) is 0 Å². The fraction of sp³-hybridized carbons (Fsp3) is 0.517. The van der Waals surface area contributed by atoms with Crippen LogP contribution in [-0.4, -0.2) is 90.8 Å². The highest BCUT2D eigenvalue weighted by atomic mass is 32.2. The number of benzene rings is 2. The molecule has 0 aromatic heterocycles. The number of sulfonamides is 1. The number of halogens is 2. The summed E-state index contributed by atoms with van der Waals surface area (Å²) in [5, 5.41) is 0. The van der Waals surface area contributed by atoms with Gasteiger partial charge in [-0.05, 0) is 49.1 Å². The van der Waals surface area contributed by atoms with Gasteiger partial charge in [0.2, 0.25) is 10.0 Å². The molecule has 4 rings (SSSR count). The van der Waals surface area contributed by atoms with Crippen molar-refractivity contribution in [2.45, 2.75) is 55.8 Å². The summed E-state index contributed by atoms with van der Waals surface area (Å²) in [7, 11) is 0.420. The maximum absolute atomic E-state index is 13.6. The molecule has 2 aromatic rings. The molecule has 0 saturated heterocycles. The lowest BCUT2D eigenvalue weighted by Gasteiger charge is -2.38. The third-order valence-electron chi connectivity index (χ3n) is 7.43. The zero-order valence-corrected chi connectivity index (χ0v) is 24.9. The number of hydrogen-bond acceptors (Lipinski definition) is 9. The van der Waals surface area contributed by atoms with E-state index < -0.39 is 16.6 Å². The number of nitrogens with zero attached hydrogens (tertiary/aromatic N) is 2. The quantitative estimate of drug-likeness (QED) is 0.313. The zero-order valence-electron chi connectivity index (χ0n) is 24.0. The maximum Gasteiger partial charge on any atom is 0.387 e. The Bertz CT molecular complexity index is 1390. The average molecular weight is 611 g/mol. The van der Waals surface area contributed by atoms with Crippen molar-refractivity contribution in [1.29, 1.82) is 0 Å². The largest absolute Gasteiger partial charge is 0.493 e. The summed E-state index contributed by atoms with van der Waals surface area (Å²) in [6, 6.07) is 9.31. The second-order valence-electron chi connectivity index (χ2n) is 10.1. The zero-order chi connectivity index (χ0) is 30.4. The normalized spacial score (nSPS) is 20.1. The summed E-state index contributed by atoms with van der Waals surface area (Å²) < 4.78 is 81.1. The second-order valence-corrected chi connectivity index (χ2v) is 12.0. The van der Waals surface area contributed by atoms with Gasteiger partial charge in [0.1, 0.15) is 6.10 Å². The van der Waals surface area contributed by atoms with Crippen LogP contribution in [0.5, 0.6) is 11.5 Å². The molecule has 1 heterocycles. The molecule has 230 valence electrons. The SMILES string of the molecule is COCCN(CCOC)S(=O)(=O)c1cccc(C2=NC3CCC(OC(C)=O)CC3c3cc(OC)c(OC(F)F)cc32)c1. The number of methoxy groups -OCH3 is 3. The molecule has 2 aliphatic rings. The van der Waals surface area contributed by atoms with Gasteiger partial charge >= 0.3 is 12.6 Å². The van der Waals surface area contributed by atoms with Crippen LogP contribution >= 0.6 is 0 Å². The minimum atomic E-state index is -3.94. The van der Waals surface area contributed by atoms with Crippen molar-refractivity contribution in [2.24, 2.45) is 4.99 Å². The Morgan fingerprint density at radius 2 is 1.76 bits per heavy atom. The van der Waals surface area contributed by atoms with E-state index in [9.17, 15) is 22.0 Å². The predicted molar refractivity (Wildman–Crippen MR) is 150 cm³/mol. The van der Waals surface area contributed by atoms with Crippen LogP contribution in [-0.2, 0) is 29.0 Å². The lowest BCUT2D eigenvalue weighted by Crippen LogP contribution is -2.37. The van der Waals surface area contributed by atoms with Gasteiger partial charge in [-0.15, -0.1) is 0 Å². The molecule has 0 N–H and O–H groups in total. The van der Waals surface area contributed by atoms with Crippen LogP contribution in [0.25, 0.3) is 0 Å². The van der Waals surface area contributed by atoms with Gasteiger partial charge in [0, 0.05) is 51.3 Å². The average Bonchev–Trinajstić information content (AvgIpc) is 2.96. The minimum Gasteiger partial charge on any atom is -0.493 e. The van der Waals surface area contributed by atoms with E-state index in [1.165, 1.54) is 50.8 Å². The standard InChI is InChI=1S/C29H36F2N2O8S/c1-18(34)40-20-8-9-25-23(15-20)22-16-26(39-4)27(41-29(30)31)17-24(22)28(32-25)19-6-5-7-21(14-19)42(35,36)33(10-12-37-2)11-13-38-3/h5-7,14,16-17,20,23,25,29H,8-13,15H2,1-4H3. The Balaban J connectivity index is 1.80. The molecule has 10 nitrogen and oxygen atoms in total. The van der Waals surface area contributed by atoms with E-state index in [4.69, 9.17) is 28.7 Å². The number of carbonyl (C=O) groups is 1. The van der Waals surface area contributed by atoms with E-state index in [-0.39, 0.29) is 66.7 Å². The van der Waals surface area contributed by atoms with Gasteiger partial charge in [-0.1, -0.05) is 12.1 Å². The molecule has 1 aliphatic heterocycles. The molecule has 0 spiro atoms. The van der Waals surface area contributed by atoms with Crippen molar-refractivity contribution in [2.75, 3.05) is 47.6 Å². The summed E-state index contributed by atoms with van der Waals surface area (Å²) >= 11 is 0. The Kier molecular flexibility index (Phi) is 10.5. The second kappa shape index (κ2) is 13.9. The molecule has 0 amide bonds. The number of rotatable bonds is 13. The van der Waals surface area contributed by atoms with Crippen LogP contribution in [0.4, 0.5) is 8.78 Å². The van der Waals surface area contributed by atoms with Crippen molar-refractivity contribution >= 4 is 21.7 Å². The summed E-state index contributed by atoms with van der Waals surface area (Å²) in [5.74, 6) is -0.590. The highest BCUT2D eigenvalue weighted by Gasteiger charge is 2.39. The Morgan fingerprint density at radius 3 is 2.38 bits per heavy atom. The van der Waals surface area contributed by atoms with Crippen molar-refractivity contribution in [3.8, 4) is 11.5 Å². The topological polar surface area (TPSA) is 113 Å². The van der Waals surface area contributed by atoms with Crippen LogP contribution in [0.3, 0.4) is 0 Å². The first kappa shape index (κ1) is 31.8. The number of fused-ring (bicyclic) bond motifs is 3. The smallest absolute Gasteiger partial charge is 0.387 e. The maximum atomic E-state index is 13.6. The van der Waals surface area contributed by atoms with Crippen molar-refractivity contribution in [1.82, 2.24) is 4.31 Å². The fourth-order valence-corrected chi connectivity index (χ4v) is 6.99. The first-order valence-corrected chi connectivity index (χ1v) is 15.0. The predicted octanol–water partition coefficient (Wildman–Crippen LogP) is 4.00. The summed E-state index contributed by atoms with van der Waals surface area (Å²) in [6.07, 6.45) is 1.41. The van der Waals surface area contributed by atoms with Crippen LogP contribution in [0.15, 0.2) is 46.3 Å². The molecule has 42 heavy (non-hydrogen) atoms. The Labute approximate surface area is 244 Å². The molecule has 13 heteroatoms. The van der Waals surface area contributed by atoms with E-state index >= 15 is 0 Å². The van der Waals surface area contributed by atoms with Crippen molar-refractivity contribution in [3.05, 3.63) is 53.1 Å². The molecular weight excluding hydrogens is 574 g/mol. The highest BCUT2D eigenvalue weighted by molar-refractivity contribution is 7.89. The Hall–Kier alpha value is -3.13. The third kappa shape index (κ3) is 7.08. The highest BCUT2D eigenvalue weighted by Crippen LogP contribution is 2.46. The van der Waals surface area contributed by atoms with Crippen molar-refractivity contribution < 1.29 is 45.7 Å². The van der Waals surface area contributed by atoms with Gasteiger partial charge in [-0.3, -0.25) is 9.79 Å². The summed E-state index contributed by atoms with van der Waals surface area (Å²) in [5.41, 5.74) is 2.25. The first-order chi connectivity index (χ1) is 20.1. The van der Waals surface area contributed by atoms with Crippen LogP contribution in [0, 0.1) is 0 Å². The lowest BCUT2D eigenvalue weighted by atomic mass is 9.74. The van der Waals surface area contributed by atoms with Gasteiger partial charge in [-0.2, -0.15) is 13.1 Å². The van der Waals surface area contributed by atoms with E-state index in [1.807, 2.05) is 0 Å². The molecule has 1 saturated carbocycles. The van der Waals surface area contributed by atoms with E-state index in [0.717, 1.165) is 5.56 Å². The van der Waals surface area contributed by atoms with Crippen molar-refractivity contribution in [3.63, 3.8) is 0 Å². The third-order valence-corrected chi connectivity index (χ3v) is 9.33. The minimum absolute atomic E-state index is 0.0507. The molecule has 1 fully saturated rings. The number of aliphatic imine (C=N–C) groups is 1. The number of alkyl halides is 2. The molecular formula is C29H36F2N2O8S. The number of esters is 1. The van der Waals surface area contributed by atoms with E-state index in [1.54, 1.807) is 18.2 Å². The Morgan fingerprint density at radius 1 is 1.05 bits per heavy atom. The molecule has 2 aromatic carbocycles. The monoisotopic (exact) mass is 610 g/mol.